The summed E-state index contributed by atoms with van der Waals surface area (Å²) < 4.78 is 6.50. The van der Waals surface area contributed by atoms with Crippen molar-refractivity contribution in [1.29, 1.82) is 0 Å². The summed E-state index contributed by atoms with van der Waals surface area (Å²) in [5.41, 5.74) is -4.36. The maximum atomic E-state index is 15.5. The third-order valence-electron chi connectivity index (χ3n) is 20.2. The number of anilines is 1. The second-order valence-corrected chi connectivity index (χ2v) is 25.5. The Bertz CT molecular complexity index is 2120. The fourth-order valence-electron chi connectivity index (χ4n) is 16.5. The van der Waals surface area contributed by atoms with Crippen LogP contribution in [0.1, 0.15) is 117 Å². The molecule has 6 aliphatic carbocycles. The fourth-order valence-corrected chi connectivity index (χ4v) is 20.3. The Balaban J connectivity index is 1.15. The number of benzene rings is 1. The largest absolute Gasteiger partial charge is 0.508 e. The van der Waals surface area contributed by atoms with Crippen LogP contribution in [0, 0.1) is 63.1 Å². The molecule has 65 heavy (non-hydrogen) atoms. The maximum absolute atomic E-state index is 15.5. The van der Waals surface area contributed by atoms with Crippen LogP contribution >= 0.6 is 21.6 Å². The van der Waals surface area contributed by atoms with Gasteiger partial charge in [-0.2, -0.15) is 0 Å². The highest BCUT2D eigenvalue weighted by Crippen LogP contribution is 2.75. The monoisotopic (exact) mass is 935 g/mol. The zero-order valence-electron chi connectivity index (χ0n) is 38.7. The minimum absolute atomic E-state index is 0.000441. The lowest BCUT2D eigenvalue weighted by Crippen LogP contribution is -2.68. The Morgan fingerprint density at radius 1 is 0.985 bits per heavy atom. The summed E-state index contributed by atoms with van der Waals surface area (Å²) in [5, 5.41) is 83.1. The molecule has 1 amide bonds. The van der Waals surface area contributed by atoms with E-state index < -0.39 is 57.1 Å². The van der Waals surface area contributed by atoms with Gasteiger partial charge in [0.2, 0.25) is 5.91 Å². The second-order valence-electron chi connectivity index (χ2n) is 22.9. The van der Waals surface area contributed by atoms with Crippen molar-refractivity contribution in [3.63, 3.8) is 0 Å². The van der Waals surface area contributed by atoms with E-state index in [0.29, 0.717) is 87.3 Å². The smallest absolute Gasteiger partial charge is 0.233 e. The summed E-state index contributed by atoms with van der Waals surface area (Å²) in [6.07, 6.45) is 10.5. The first-order chi connectivity index (χ1) is 31.0. The average molecular weight is 936 g/mol. The van der Waals surface area contributed by atoms with Crippen molar-refractivity contribution in [3.8, 4) is 5.75 Å². The van der Waals surface area contributed by atoms with Gasteiger partial charge in [0.15, 0.2) is 5.78 Å². The van der Waals surface area contributed by atoms with Crippen molar-refractivity contribution in [2.24, 2.45) is 63.1 Å². The number of phenols is 1. The minimum atomic E-state index is -1.50. The number of epoxide rings is 1. The number of ketones is 1. The number of carbonyl (C=O) groups excluding carboxylic acids is 2. The van der Waals surface area contributed by atoms with Crippen molar-refractivity contribution in [1.82, 2.24) is 0 Å². The molecule has 0 aromatic heterocycles. The van der Waals surface area contributed by atoms with Crippen molar-refractivity contribution >= 4 is 39.0 Å². The SMILES string of the molecule is CC(C)[C@@H](C)[C@@H]1O[C@H]1[C@@]1(O)CC=C[C@@H]2C[C@H]3C4=CC(=O)[C@]5(CSS[C@@H](CCCO)[C@H]6CCC[C@@H](CO)[C@@]67CCN(C7=O)c6cc(O)cc(c6)CC[C@]26[C@@H]1CC[C@@]46O)C[C@@H](O)[C@@H](O)C[C@]35C. The van der Waals surface area contributed by atoms with Crippen LogP contribution in [0.5, 0.6) is 5.75 Å². The van der Waals surface area contributed by atoms with E-state index >= 15 is 9.59 Å². The molecule has 8 bridgehead atoms. The predicted octanol–water partition coefficient (Wildman–Crippen LogP) is 6.52. The molecule has 2 saturated heterocycles. The molecular formula is C52H73NO10S2. The lowest BCUT2D eigenvalue weighted by Gasteiger charge is -2.66. The first-order valence-electron chi connectivity index (χ1n) is 25.0. The molecule has 3 spiro atoms. The van der Waals surface area contributed by atoms with Gasteiger partial charge in [-0.3, -0.25) is 9.59 Å². The summed E-state index contributed by atoms with van der Waals surface area (Å²) in [7, 11) is 3.27. The fraction of sp³-hybridized carbons (Fsp3) is 0.769. The molecule has 0 radical (unpaired) electrons. The molecule has 12 rings (SSSR count). The van der Waals surface area contributed by atoms with E-state index in [2.05, 4.69) is 39.8 Å². The van der Waals surface area contributed by atoms with E-state index in [1.165, 1.54) is 0 Å². The highest BCUT2D eigenvalue weighted by Gasteiger charge is 2.77. The molecule has 17 atom stereocenters. The molecule has 6 fully saturated rings. The normalized spacial score (nSPS) is 47.3. The van der Waals surface area contributed by atoms with Crippen molar-refractivity contribution in [3.05, 3.63) is 47.6 Å². The van der Waals surface area contributed by atoms with Gasteiger partial charge >= 0.3 is 0 Å². The van der Waals surface area contributed by atoms with Gasteiger partial charge in [-0.05, 0) is 154 Å². The van der Waals surface area contributed by atoms with Crippen LogP contribution in [0.2, 0.25) is 0 Å². The lowest BCUT2D eigenvalue weighted by molar-refractivity contribution is -0.194. The lowest BCUT2D eigenvalue weighted by atomic mass is 9.39. The van der Waals surface area contributed by atoms with Gasteiger partial charge in [0.05, 0.1) is 34.7 Å². The number of allylic oxidation sites excluding steroid dienone is 2. The number of aliphatic hydroxyl groups is 6. The van der Waals surface area contributed by atoms with Crippen LogP contribution in [0.4, 0.5) is 5.69 Å². The highest BCUT2D eigenvalue weighted by molar-refractivity contribution is 8.77. The van der Waals surface area contributed by atoms with Gasteiger partial charge in [0, 0.05) is 53.8 Å². The number of phenolic OH excluding ortho intramolecular Hbond substituents is 1. The quantitative estimate of drug-likeness (QED) is 0.0892. The minimum Gasteiger partial charge on any atom is -0.508 e. The molecule has 0 unspecified atom stereocenters. The molecule has 5 heterocycles. The molecule has 11 nitrogen and oxygen atoms in total. The van der Waals surface area contributed by atoms with Crippen LogP contribution in [-0.4, -0.2) is 114 Å². The van der Waals surface area contributed by atoms with E-state index in [1.807, 2.05) is 11.0 Å². The number of aliphatic hydroxyl groups excluding tert-OH is 4. The van der Waals surface area contributed by atoms with Crippen LogP contribution in [0.3, 0.4) is 0 Å². The standard InChI is InChI=1S/C52H73NO10S2/c1-29(2)30(3)44-45(63-44)51(61)14-6-9-32-22-37-38-24-43(59)48(26-40(58)39(57)25-47(37,48)4)28-64-65-41(11-7-19-54)36-10-5-8-33(27-55)49(36)17-18-53(46(49)60)34-20-31(21-35(56)23-34)12-15-50(32)42(51)13-16-52(38,50)62/h6,9,20-21,23-24,29-30,32-33,36-37,39-42,44-45,54-58,61-62H,5,7-8,10-19,22,25-28H2,1-4H3/t30-,32-,33+,36-,37+,39+,40-,41+,42+,44+,45-,47-,48-,49+,50-,51-,52-/m1/s1. The van der Waals surface area contributed by atoms with Crippen molar-refractivity contribution < 1.29 is 50.1 Å². The summed E-state index contributed by atoms with van der Waals surface area (Å²) in [5.74, 6) is -0.482. The molecular weight excluding hydrogens is 863 g/mol. The number of nitrogens with zero attached hydrogens (tertiary/aromatic N) is 1. The Hall–Kier alpha value is -1.94. The van der Waals surface area contributed by atoms with Crippen molar-refractivity contribution in [2.45, 2.75) is 158 Å². The Morgan fingerprint density at radius 3 is 2.52 bits per heavy atom. The van der Waals surface area contributed by atoms with E-state index in [9.17, 15) is 35.7 Å². The molecule has 11 aliphatic rings. The molecule has 7 N–H and O–H groups in total. The number of ether oxygens (including phenoxy) is 1. The zero-order valence-corrected chi connectivity index (χ0v) is 40.4. The summed E-state index contributed by atoms with van der Waals surface area (Å²) in [4.78, 5) is 32.7. The summed E-state index contributed by atoms with van der Waals surface area (Å²) in [6, 6.07) is 5.42. The van der Waals surface area contributed by atoms with Crippen LogP contribution in [0.25, 0.3) is 0 Å². The second kappa shape index (κ2) is 16.6. The van der Waals surface area contributed by atoms with Gasteiger partial charge in [0.1, 0.15) is 17.5 Å². The average Bonchev–Trinajstić information content (AvgIpc) is 3.95. The zero-order chi connectivity index (χ0) is 46.1. The Morgan fingerprint density at radius 2 is 1.77 bits per heavy atom. The molecule has 1 aromatic rings. The van der Waals surface area contributed by atoms with Gasteiger partial charge in [-0.1, -0.05) is 67.9 Å². The third kappa shape index (κ3) is 6.61. The Labute approximate surface area is 392 Å². The molecule has 1 aromatic carbocycles. The van der Waals surface area contributed by atoms with Crippen molar-refractivity contribution in [2.75, 3.05) is 30.4 Å². The number of aromatic hydroxyl groups is 1. The molecule has 358 valence electrons. The molecule has 13 heteroatoms. The first kappa shape index (κ1) is 46.8. The van der Waals surface area contributed by atoms with Gasteiger partial charge in [-0.15, -0.1) is 0 Å². The number of carbonyl (C=O) groups is 2. The van der Waals surface area contributed by atoms with Crippen LogP contribution < -0.4 is 4.90 Å². The number of hydrogen-bond donors (Lipinski definition) is 7. The van der Waals surface area contributed by atoms with Gasteiger partial charge in [-0.25, -0.2) is 0 Å². The molecule has 5 aliphatic heterocycles. The highest BCUT2D eigenvalue weighted by atomic mass is 33.1. The number of aryl methyl sites for hydroxylation is 1. The van der Waals surface area contributed by atoms with Crippen LogP contribution in [-0.2, 0) is 20.7 Å². The summed E-state index contributed by atoms with van der Waals surface area (Å²) in [6.45, 7) is 8.97. The topological polar surface area (TPSA) is 192 Å². The number of fused-ring (bicyclic) bond motifs is 1. The summed E-state index contributed by atoms with van der Waals surface area (Å²) >= 11 is 0. The van der Waals surface area contributed by atoms with Gasteiger partial charge in [0.25, 0.3) is 0 Å². The van der Waals surface area contributed by atoms with E-state index in [4.69, 9.17) is 4.74 Å². The van der Waals surface area contributed by atoms with E-state index in [0.717, 1.165) is 24.8 Å². The molecule has 4 saturated carbocycles. The Kier molecular flexibility index (Phi) is 11.9. The van der Waals surface area contributed by atoms with E-state index in [1.54, 1.807) is 39.8 Å². The first-order valence-corrected chi connectivity index (χ1v) is 27.4. The predicted molar refractivity (Wildman–Crippen MR) is 252 cm³/mol. The maximum Gasteiger partial charge on any atom is 0.233 e. The van der Waals surface area contributed by atoms with Gasteiger partial charge < -0.3 is 45.4 Å². The third-order valence-corrected chi connectivity index (χ3v) is 23.3. The number of amides is 1. The number of hydrogen-bond acceptors (Lipinski definition) is 12. The van der Waals surface area contributed by atoms with Crippen LogP contribution in [0.15, 0.2) is 42.0 Å². The number of rotatable bonds is 7. The van der Waals surface area contributed by atoms with E-state index in [-0.39, 0.29) is 84.4 Å².